The Balaban J connectivity index is 0.000000192. The van der Waals surface area contributed by atoms with Crippen molar-refractivity contribution in [1.82, 2.24) is 0 Å². The SMILES string of the molecule is NCC(N)C12CC3CC(CC(C3)C1)C2.O=C(O)/C=C\C(=O)O. The highest BCUT2D eigenvalue weighted by Crippen LogP contribution is 2.60. The number of hydrogen-bond acceptors (Lipinski definition) is 4. The molecule has 4 fully saturated rings. The zero-order valence-electron chi connectivity index (χ0n) is 12.8. The lowest BCUT2D eigenvalue weighted by Gasteiger charge is -2.58. The van der Waals surface area contributed by atoms with Crippen molar-refractivity contribution in [1.29, 1.82) is 0 Å². The van der Waals surface area contributed by atoms with Gasteiger partial charge >= 0.3 is 11.9 Å². The number of carboxylic acid groups (broad SMARTS) is 2. The van der Waals surface area contributed by atoms with Gasteiger partial charge in [0.15, 0.2) is 0 Å². The van der Waals surface area contributed by atoms with Crippen molar-refractivity contribution in [2.24, 2.45) is 34.6 Å². The first kappa shape index (κ1) is 17.0. The predicted octanol–water partition coefficient (Wildman–Crippen LogP) is 1.20. The van der Waals surface area contributed by atoms with Gasteiger partial charge in [0.1, 0.15) is 0 Å². The second-order valence-electron chi connectivity index (χ2n) is 7.13. The van der Waals surface area contributed by atoms with E-state index in [9.17, 15) is 9.59 Å². The molecule has 0 aromatic rings. The van der Waals surface area contributed by atoms with Gasteiger partial charge in [0, 0.05) is 24.7 Å². The van der Waals surface area contributed by atoms with Gasteiger partial charge in [-0.2, -0.15) is 0 Å². The molecule has 22 heavy (non-hydrogen) atoms. The molecule has 124 valence electrons. The molecule has 0 radical (unpaired) electrons. The summed E-state index contributed by atoms with van der Waals surface area (Å²) in [6.07, 6.45) is 9.76. The lowest BCUT2D eigenvalue weighted by molar-refractivity contribution is -0.134. The number of carbonyl (C=O) groups is 2. The zero-order chi connectivity index (χ0) is 16.3. The second kappa shape index (κ2) is 6.79. The summed E-state index contributed by atoms with van der Waals surface area (Å²) >= 11 is 0. The Bertz CT molecular complexity index is 410. The Morgan fingerprint density at radius 3 is 1.64 bits per heavy atom. The highest BCUT2D eigenvalue weighted by atomic mass is 16.4. The normalized spacial score (nSPS) is 36.7. The molecule has 4 saturated carbocycles. The van der Waals surface area contributed by atoms with Crippen LogP contribution in [0.3, 0.4) is 0 Å². The van der Waals surface area contributed by atoms with Crippen LogP contribution >= 0.6 is 0 Å². The summed E-state index contributed by atoms with van der Waals surface area (Å²) in [6, 6.07) is 0.274. The molecule has 4 aliphatic rings. The van der Waals surface area contributed by atoms with E-state index in [1.807, 2.05) is 0 Å². The van der Waals surface area contributed by atoms with Gasteiger partial charge in [-0.1, -0.05) is 0 Å². The summed E-state index contributed by atoms with van der Waals surface area (Å²) < 4.78 is 0. The Morgan fingerprint density at radius 2 is 1.36 bits per heavy atom. The largest absolute Gasteiger partial charge is 0.478 e. The van der Waals surface area contributed by atoms with Crippen LogP contribution in [-0.4, -0.2) is 34.7 Å². The molecule has 4 aliphatic carbocycles. The first-order chi connectivity index (χ1) is 10.3. The van der Waals surface area contributed by atoms with Crippen molar-refractivity contribution in [2.75, 3.05) is 6.54 Å². The van der Waals surface area contributed by atoms with E-state index in [1.54, 1.807) is 0 Å². The van der Waals surface area contributed by atoms with E-state index in [4.69, 9.17) is 21.7 Å². The minimum atomic E-state index is -1.26. The third-order valence-corrected chi connectivity index (χ3v) is 5.49. The molecule has 6 N–H and O–H groups in total. The first-order valence-corrected chi connectivity index (χ1v) is 7.94. The van der Waals surface area contributed by atoms with Gasteiger partial charge in [-0.25, -0.2) is 9.59 Å². The number of aliphatic carboxylic acids is 2. The zero-order valence-corrected chi connectivity index (χ0v) is 12.8. The molecule has 4 rings (SSSR count). The van der Waals surface area contributed by atoms with E-state index in [0.29, 0.717) is 24.1 Å². The molecular formula is C16H26N2O4. The summed E-state index contributed by atoms with van der Waals surface area (Å²) in [6.45, 7) is 0.687. The summed E-state index contributed by atoms with van der Waals surface area (Å²) in [7, 11) is 0. The minimum Gasteiger partial charge on any atom is -0.478 e. The van der Waals surface area contributed by atoms with Crippen molar-refractivity contribution in [2.45, 2.75) is 44.6 Å². The number of carboxylic acids is 2. The molecule has 6 heteroatoms. The second-order valence-corrected chi connectivity index (χ2v) is 7.13. The third kappa shape index (κ3) is 3.87. The molecule has 0 amide bonds. The van der Waals surface area contributed by atoms with Crippen LogP contribution in [-0.2, 0) is 9.59 Å². The van der Waals surface area contributed by atoms with Crippen LogP contribution in [0.2, 0.25) is 0 Å². The molecule has 0 heterocycles. The fourth-order valence-corrected chi connectivity index (χ4v) is 5.02. The lowest BCUT2D eigenvalue weighted by Crippen LogP contribution is -2.56. The van der Waals surface area contributed by atoms with E-state index in [-0.39, 0.29) is 6.04 Å². The van der Waals surface area contributed by atoms with Crippen LogP contribution in [0.5, 0.6) is 0 Å². The Hall–Kier alpha value is -1.40. The fourth-order valence-electron chi connectivity index (χ4n) is 5.02. The molecule has 6 nitrogen and oxygen atoms in total. The molecule has 4 bridgehead atoms. The van der Waals surface area contributed by atoms with Gasteiger partial charge in [-0.15, -0.1) is 0 Å². The molecule has 0 saturated heterocycles. The maximum Gasteiger partial charge on any atom is 0.328 e. The average molecular weight is 310 g/mol. The third-order valence-electron chi connectivity index (χ3n) is 5.49. The van der Waals surface area contributed by atoms with Crippen molar-refractivity contribution in [3.8, 4) is 0 Å². The van der Waals surface area contributed by atoms with Gasteiger partial charge in [-0.05, 0) is 61.7 Å². The van der Waals surface area contributed by atoms with E-state index in [0.717, 1.165) is 17.8 Å². The maximum atomic E-state index is 9.55. The van der Waals surface area contributed by atoms with Crippen LogP contribution in [0.1, 0.15) is 38.5 Å². The first-order valence-electron chi connectivity index (χ1n) is 7.94. The predicted molar refractivity (Wildman–Crippen MR) is 82.0 cm³/mol. The van der Waals surface area contributed by atoms with Crippen LogP contribution in [0.15, 0.2) is 12.2 Å². The van der Waals surface area contributed by atoms with Crippen LogP contribution < -0.4 is 11.5 Å². The summed E-state index contributed by atoms with van der Waals surface area (Å²) in [5.41, 5.74) is 12.5. The van der Waals surface area contributed by atoms with Gasteiger partial charge in [-0.3, -0.25) is 0 Å². The highest BCUT2D eigenvalue weighted by molar-refractivity contribution is 5.89. The van der Waals surface area contributed by atoms with Crippen LogP contribution in [0.25, 0.3) is 0 Å². The molecular weight excluding hydrogens is 284 g/mol. The lowest BCUT2D eigenvalue weighted by atomic mass is 9.48. The van der Waals surface area contributed by atoms with Crippen molar-refractivity contribution < 1.29 is 19.8 Å². The van der Waals surface area contributed by atoms with E-state index < -0.39 is 11.9 Å². The topological polar surface area (TPSA) is 127 Å². The quantitative estimate of drug-likeness (QED) is 0.578. The van der Waals surface area contributed by atoms with E-state index in [1.165, 1.54) is 38.5 Å². The van der Waals surface area contributed by atoms with Crippen molar-refractivity contribution in [3.05, 3.63) is 12.2 Å². The summed E-state index contributed by atoms with van der Waals surface area (Å²) in [5, 5.41) is 15.6. The van der Waals surface area contributed by atoms with E-state index in [2.05, 4.69) is 0 Å². The molecule has 0 spiro atoms. The van der Waals surface area contributed by atoms with Gasteiger partial charge < -0.3 is 21.7 Å². The molecule has 0 aliphatic heterocycles. The van der Waals surface area contributed by atoms with Crippen molar-refractivity contribution in [3.63, 3.8) is 0 Å². The van der Waals surface area contributed by atoms with Crippen molar-refractivity contribution >= 4 is 11.9 Å². The van der Waals surface area contributed by atoms with E-state index >= 15 is 0 Å². The molecule has 1 atom stereocenters. The smallest absolute Gasteiger partial charge is 0.328 e. The number of rotatable bonds is 4. The standard InChI is InChI=1S/C12H22N2.C4H4O4/c13-7-11(14)12-4-8-1-9(5-12)3-10(2-8)6-12;5-3(6)1-2-4(7)8/h8-11H,1-7,13-14H2;1-2H,(H,5,6)(H,7,8)/b;2-1-. The van der Waals surface area contributed by atoms with Gasteiger partial charge in [0.25, 0.3) is 0 Å². The Labute approximate surface area is 130 Å². The fraction of sp³-hybridized carbons (Fsp3) is 0.750. The van der Waals surface area contributed by atoms with Crippen LogP contribution in [0, 0.1) is 23.2 Å². The number of hydrogen-bond donors (Lipinski definition) is 4. The summed E-state index contributed by atoms with van der Waals surface area (Å²) in [4.78, 5) is 19.1. The summed E-state index contributed by atoms with van der Waals surface area (Å²) in [5.74, 6) is 0.483. The average Bonchev–Trinajstić information content (AvgIpc) is 2.43. The number of nitrogens with two attached hydrogens (primary N) is 2. The molecule has 1 unspecified atom stereocenters. The van der Waals surface area contributed by atoms with Crippen LogP contribution in [0.4, 0.5) is 0 Å². The molecule has 0 aromatic carbocycles. The monoisotopic (exact) mass is 310 g/mol. The highest BCUT2D eigenvalue weighted by Gasteiger charge is 2.52. The Kier molecular flexibility index (Phi) is 5.24. The minimum absolute atomic E-state index is 0.274. The van der Waals surface area contributed by atoms with Gasteiger partial charge in [0.2, 0.25) is 0 Å². The van der Waals surface area contributed by atoms with Gasteiger partial charge in [0.05, 0.1) is 0 Å². The Morgan fingerprint density at radius 1 is 1.00 bits per heavy atom. The molecule has 0 aromatic heterocycles. The maximum absolute atomic E-state index is 9.55.